The molecule has 2 rings (SSSR count). The van der Waals surface area contributed by atoms with Crippen molar-refractivity contribution in [3.05, 3.63) is 48.7 Å². The van der Waals surface area contributed by atoms with Gasteiger partial charge in [0.15, 0.2) is 0 Å². The van der Waals surface area contributed by atoms with E-state index in [1.165, 1.54) is 10.9 Å². The third-order valence-electron chi connectivity index (χ3n) is 2.12. The van der Waals surface area contributed by atoms with Crippen LogP contribution in [0.3, 0.4) is 0 Å². The van der Waals surface area contributed by atoms with Gasteiger partial charge in [0.05, 0.1) is 5.69 Å². The highest BCUT2D eigenvalue weighted by molar-refractivity contribution is 7.46. The molecule has 14 heavy (non-hydrogen) atoms. The zero-order valence-electron chi connectivity index (χ0n) is 8.07. The molecule has 1 heterocycles. The van der Waals surface area contributed by atoms with E-state index in [0.29, 0.717) is 0 Å². The Morgan fingerprint density at radius 1 is 1.00 bits per heavy atom. The third-order valence-corrected chi connectivity index (χ3v) is 3.07. The van der Waals surface area contributed by atoms with Gasteiger partial charge in [0.2, 0.25) is 0 Å². The van der Waals surface area contributed by atoms with E-state index in [4.69, 9.17) is 0 Å². The van der Waals surface area contributed by atoms with Crippen molar-refractivity contribution in [3.8, 4) is 11.3 Å². The molecule has 0 N–H and O–H groups in total. The molecule has 1 atom stereocenters. The van der Waals surface area contributed by atoms with Crippen LogP contribution in [-0.4, -0.2) is 11.6 Å². The van der Waals surface area contributed by atoms with Gasteiger partial charge < -0.3 is 0 Å². The van der Waals surface area contributed by atoms with E-state index in [1.54, 1.807) is 0 Å². The number of nitrogens with zero attached hydrogens (tertiary/aromatic N) is 1. The Morgan fingerprint density at radius 2 is 1.79 bits per heavy atom. The van der Waals surface area contributed by atoms with Gasteiger partial charge in [-0.3, -0.25) is 4.98 Å². The van der Waals surface area contributed by atoms with E-state index in [1.807, 2.05) is 30.5 Å². The second-order valence-corrected chi connectivity index (χ2v) is 4.05. The maximum atomic E-state index is 4.43. The van der Waals surface area contributed by atoms with Crippen LogP contribution in [0, 0.1) is 0 Å². The number of hydrogen-bond donors (Lipinski definition) is 0. The molecular formula is C12H12NP. The lowest BCUT2D eigenvalue weighted by molar-refractivity contribution is 1.35. The summed E-state index contributed by atoms with van der Waals surface area (Å²) in [5, 5.41) is 1.33. The molecule has 2 aromatic rings. The van der Waals surface area contributed by atoms with Crippen LogP contribution in [0.1, 0.15) is 0 Å². The molecule has 2 heteroatoms. The first-order valence-corrected chi connectivity index (χ1v) is 6.10. The SMILES string of the molecule is CPc1cccnc1-c1ccccc1. The molecule has 0 aliphatic carbocycles. The van der Waals surface area contributed by atoms with Gasteiger partial charge in [-0.2, -0.15) is 0 Å². The van der Waals surface area contributed by atoms with Crippen LogP contribution in [-0.2, 0) is 0 Å². The molecule has 0 bridgehead atoms. The second kappa shape index (κ2) is 4.34. The van der Waals surface area contributed by atoms with Crippen LogP contribution in [0.2, 0.25) is 0 Å². The predicted octanol–water partition coefficient (Wildman–Crippen LogP) is 2.68. The molecule has 0 saturated carbocycles. The zero-order chi connectivity index (χ0) is 9.80. The normalized spacial score (nSPS) is 10.9. The van der Waals surface area contributed by atoms with E-state index in [-0.39, 0.29) is 0 Å². The van der Waals surface area contributed by atoms with Crippen molar-refractivity contribution in [1.29, 1.82) is 0 Å². The summed E-state index contributed by atoms with van der Waals surface area (Å²) in [6.45, 7) is 2.18. The molecule has 0 fully saturated rings. The van der Waals surface area contributed by atoms with Crippen molar-refractivity contribution < 1.29 is 0 Å². The molecule has 1 aromatic carbocycles. The summed E-state index contributed by atoms with van der Waals surface area (Å²) in [7, 11) is 0.792. The average Bonchev–Trinajstić information content (AvgIpc) is 2.30. The molecule has 0 aliphatic rings. The van der Waals surface area contributed by atoms with Crippen LogP contribution >= 0.6 is 8.58 Å². The summed E-state index contributed by atoms with van der Waals surface area (Å²) < 4.78 is 0. The van der Waals surface area contributed by atoms with Crippen LogP contribution in [0.4, 0.5) is 0 Å². The molecule has 1 aromatic heterocycles. The van der Waals surface area contributed by atoms with E-state index < -0.39 is 0 Å². The first-order chi connectivity index (χ1) is 6.92. The molecule has 1 nitrogen and oxygen atoms in total. The zero-order valence-corrected chi connectivity index (χ0v) is 9.07. The summed E-state index contributed by atoms with van der Waals surface area (Å²) in [6.07, 6.45) is 1.85. The van der Waals surface area contributed by atoms with Crippen LogP contribution in [0.25, 0.3) is 11.3 Å². The van der Waals surface area contributed by atoms with Gasteiger partial charge in [0, 0.05) is 11.8 Å². The average molecular weight is 201 g/mol. The van der Waals surface area contributed by atoms with Crippen LogP contribution in [0.15, 0.2) is 48.7 Å². The standard InChI is InChI=1S/C12H12NP/c1-14-11-8-5-9-13-12(11)10-6-3-2-4-7-10/h2-9,14H,1H3. The lowest BCUT2D eigenvalue weighted by Crippen LogP contribution is -2.01. The smallest absolute Gasteiger partial charge is 0.0775 e. The highest BCUT2D eigenvalue weighted by Crippen LogP contribution is 2.18. The first-order valence-electron chi connectivity index (χ1n) is 4.60. The van der Waals surface area contributed by atoms with Gasteiger partial charge in [-0.25, -0.2) is 0 Å². The highest BCUT2D eigenvalue weighted by Gasteiger charge is 2.02. The topological polar surface area (TPSA) is 12.9 Å². The van der Waals surface area contributed by atoms with Gasteiger partial charge >= 0.3 is 0 Å². The fraction of sp³-hybridized carbons (Fsp3) is 0.0833. The van der Waals surface area contributed by atoms with Crippen molar-refractivity contribution in [1.82, 2.24) is 4.98 Å². The predicted molar refractivity (Wildman–Crippen MR) is 63.5 cm³/mol. The van der Waals surface area contributed by atoms with E-state index >= 15 is 0 Å². The van der Waals surface area contributed by atoms with Crippen molar-refractivity contribution in [2.75, 3.05) is 6.66 Å². The van der Waals surface area contributed by atoms with E-state index in [2.05, 4.69) is 29.8 Å². The molecule has 0 spiro atoms. The van der Waals surface area contributed by atoms with Gasteiger partial charge in [0.1, 0.15) is 0 Å². The first kappa shape index (κ1) is 9.36. The Balaban J connectivity index is 2.51. The quantitative estimate of drug-likeness (QED) is 0.681. The number of benzene rings is 1. The monoisotopic (exact) mass is 201 g/mol. The number of pyridine rings is 1. The van der Waals surface area contributed by atoms with Gasteiger partial charge in [-0.05, 0) is 18.0 Å². The summed E-state index contributed by atoms with van der Waals surface area (Å²) >= 11 is 0. The van der Waals surface area contributed by atoms with Crippen molar-refractivity contribution in [2.45, 2.75) is 0 Å². The Hall–Kier alpha value is -1.20. The molecule has 0 amide bonds. The third kappa shape index (κ3) is 1.83. The molecule has 70 valence electrons. The van der Waals surface area contributed by atoms with Gasteiger partial charge in [-0.1, -0.05) is 45.0 Å². The van der Waals surface area contributed by atoms with Gasteiger partial charge in [-0.15, -0.1) is 0 Å². The minimum absolute atomic E-state index is 0.792. The summed E-state index contributed by atoms with van der Waals surface area (Å²) in [4.78, 5) is 4.43. The Morgan fingerprint density at radius 3 is 2.50 bits per heavy atom. The van der Waals surface area contributed by atoms with Crippen molar-refractivity contribution >= 4 is 13.9 Å². The fourth-order valence-electron chi connectivity index (χ4n) is 1.43. The lowest BCUT2D eigenvalue weighted by atomic mass is 10.1. The second-order valence-electron chi connectivity index (χ2n) is 3.02. The molecule has 1 unspecified atom stereocenters. The summed E-state index contributed by atoms with van der Waals surface area (Å²) in [5.41, 5.74) is 2.33. The Kier molecular flexibility index (Phi) is 2.90. The minimum Gasteiger partial charge on any atom is -0.256 e. The van der Waals surface area contributed by atoms with Crippen LogP contribution < -0.4 is 5.30 Å². The molecule has 0 aliphatic heterocycles. The van der Waals surface area contributed by atoms with Crippen LogP contribution in [0.5, 0.6) is 0 Å². The molecule has 0 radical (unpaired) electrons. The van der Waals surface area contributed by atoms with Crippen molar-refractivity contribution in [2.24, 2.45) is 0 Å². The number of aromatic nitrogens is 1. The minimum atomic E-state index is 0.792. The largest absolute Gasteiger partial charge is 0.256 e. The number of hydrogen-bond acceptors (Lipinski definition) is 1. The summed E-state index contributed by atoms with van der Waals surface area (Å²) in [6, 6.07) is 14.5. The van der Waals surface area contributed by atoms with E-state index in [0.717, 1.165) is 14.3 Å². The van der Waals surface area contributed by atoms with Gasteiger partial charge in [0.25, 0.3) is 0 Å². The number of rotatable bonds is 2. The molecule has 0 saturated heterocycles. The summed E-state index contributed by atoms with van der Waals surface area (Å²) in [5.74, 6) is 0. The molecular weight excluding hydrogens is 189 g/mol. The Bertz CT molecular complexity index is 412. The maximum Gasteiger partial charge on any atom is 0.0775 e. The van der Waals surface area contributed by atoms with Crippen molar-refractivity contribution in [3.63, 3.8) is 0 Å². The lowest BCUT2D eigenvalue weighted by Gasteiger charge is -2.05. The Labute approximate surface area is 86.0 Å². The van der Waals surface area contributed by atoms with E-state index in [9.17, 15) is 0 Å². The maximum absolute atomic E-state index is 4.43. The highest BCUT2D eigenvalue weighted by atomic mass is 31.1. The fourth-order valence-corrected chi connectivity index (χ4v) is 2.14.